The smallest absolute Gasteiger partial charge is 0.305 e. The minimum Gasteiger partial charge on any atom is -0.489 e. The van der Waals surface area contributed by atoms with Gasteiger partial charge in [0.05, 0.1) is 21.6 Å². The van der Waals surface area contributed by atoms with Gasteiger partial charge in [0.1, 0.15) is 17.6 Å². The van der Waals surface area contributed by atoms with Gasteiger partial charge in [0.2, 0.25) is 11.8 Å². The van der Waals surface area contributed by atoms with Crippen LogP contribution in [-0.2, 0) is 16.2 Å². The number of nitro benzene ring substituents is 1. The average molecular weight is 580 g/mol. The molecule has 2 aliphatic heterocycles. The molecule has 3 heterocycles. The predicted octanol–water partition coefficient (Wildman–Crippen LogP) is 5.37. The number of aromatic amines is 1. The second-order valence-corrected chi connectivity index (χ2v) is 11.6. The lowest BCUT2D eigenvalue weighted by Gasteiger charge is -2.30. The molecule has 39 heavy (non-hydrogen) atoms. The summed E-state index contributed by atoms with van der Waals surface area (Å²) in [5.41, 5.74) is 1.65. The summed E-state index contributed by atoms with van der Waals surface area (Å²) in [7, 11) is 0. The van der Waals surface area contributed by atoms with E-state index >= 15 is 0 Å². The molecular weight excluding hydrogens is 562 g/mol. The lowest BCUT2D eigenvalue weighted by Crippen LogP contribution is -2.32. The molecule has 196 valence electrons. The lowest BCUT2D eigenvalue weighted by molar-refractivity contribution is -0.384. The number of ether oxygens (including phenoxy) is 1. The first-order valence-corrected chi connectivity index (χ1v) is 13.9. The Labute approximate surface area is 234 Å². The molecule has 9 nitrogen and oxygen atoms in total. The number of non-ortho nitro benzene ring substituents is 1. The first-order valence-electron chi connectivity index (χ1n) is 11.8. The Balaban J connectivity index is 1.40. The maximum Gasteiger partial charge on any atom is 0.305 e. The van der Waals surface area contributed by atoms with Gasteiger partial charge in [-0.15, -0.1) is 0 Å². The minimum absolute atomic E-state index is 0.145. The number of nitro groups is 1. The normalized spacial score (nSPS) is 20.0. The highest BCUT2D eigenvalue weighted by Crippen LogP contribution is 2.54. The lowest BCUT2D eigenvalue weighted by atomic mass is 9.82. The van der Waals surface area contributed by atoms with Gasteiger partial charge in [0, 0.05) is 33.5 Å². The Kier molecular flexibility index (Phi) is 6.49. The topological polar surface area (TPSA) is 123 Å². The zero-order chi connectivity index (χ0) is 27.3. The molecule has 1 fully saturated rings. The highest BCUT2D eigenvalue weighted by Gasteiger charge is 2.56. The number of aromatic nitrogens is 1. The standard InChI is InChI=1S/C27H18ClN3O6S2/c28-15-5-3-4-14(12-15)13-37-19-7-2-1-6-18(19)20-21-23(38-24-22(20)39-27(34)29-24)26(33)30(25(21)32)16-8-10-17(11-9-16)31(35)36/h1-12,20-21,23H,13H2,(H,29,34)/t20-,21?,23?/m1/s1. The van der Waals surface area contributed by atoms with Crippen molar-refractivity contribution >= 4 is 57.9 Å². The van der Waals surface area contributed by atoms with Gasteiger partial charge in [-0.1, -0.05) is 65.0 Å². The van der Waals surface area contributed by atoms with E-state index in [1.165, 1.54) is 24.3 Å². The van der Waals surface area contributed by atoms with E-state index in [1.54, 1.807) is 18.2 Å². The molecule has 3 aromatic carbocycles. The molecule has 3 atom stereocenters. The number of hydrogen-bond acceptors (Lipinski definition) is 8. The first-order chi connectivity index (χ1) is 18.8. The third-order valence-electron chi connectivity index (χ3n) is 6.68. The number of halogens is 1. The maximum absolute atomic E-state index is 13.9. The van der Waals surface area contributed by atoms with Crippen LogP contribution in [0.5, 0.6) is 5.75 Å². The molecule has 2 amide bonds. The molecule has 2 unspecified atom stereocenters. The van der Waals surface area contributed by atoms with Gasteiger partial charge in [-0.05, 0) is 35.9 Å². The van der Waals surface area contributed by atoms with Gasteiger partial charge in [-0.25, -0.2) is 4.90 Å². The Morgan fingerprint density at radius 3 is 2.51 bits per heavy atom. The van der Waals surface area contributed by atoms with Gasteiger partial charge in [-0.2, -0.15) is 0 Å². The number of imide groups is 1. The predicted molar refractivity (Wildman–Crippen MR) is 148 cm³/mol. The molecule has 0 bridgehead atoms. The van der Waals surface area contributed by atoms with Crippen LogP contribution in [0.4, 0.5) is 11.4 Å². The third kappa shape index (κ3) is 4.52. The summed E-state index contributed by atoms with van der Waals surface area (Å²) in [6.45, 7) is 0.227. The van der Waals surface area contributed by atoms with E-state index in [0.29, 0.717) is 26.2 Å². The zero-order valence-electron chi connectivity index (χ0n) is 19.9. The number of amides is 2. The SMILES string of the molecule is O=C1C2Sc3[nH]c(=O)sc3[C@H](c3ccccc3OCc3cccc(Cl)c3)C2C(=O)N1c1ccc([N+](=O)[O-])cc1. The molecule has 1 N–H and O–H groups in total. The quantitative estimate of drug-likeness (QED) is 0.185. The van der Waals surface area contributed by atoms with Crippen LogP contribution in [0.2, 0.25) is 5.02 Å². The van der Waals surface area contributed by atoms with Gasteiger partial charge in [0.25, 0.3) is 5.69 Å². The van der Waals surface area contributed by atoms with Crippen molar-refractivity contribution < 1.29 is 19.2 Å². The monoisotopic (exact) mass is 579 g/mol. The molecular formula is C27H18ClN3O6S2. The molecule has 1 saturated heterocycles. The second kappa shape index (κ2) is 9.99. The van der Waals surface area contributed by atoms with E-state index in [2.05, 4.69) is 4.98 Å². The molecule has 12 heteroatoms. The summed E-state index contributed by atoms with van der Waals surface area (Å²) in [6, 6.07) is 19.9. The highest BCUT2D eigenvalue weighted by molar-refractivity contribution is 8.00. The Bertz CT molecular complexity index is 1690. The average Bonchev–Trinajstić information content (AvgIpc) is 3.42. The number of thiazole rings is 1. The van der Waals surface area contributed by atoms with Gasteiger partial charge in [-0.3, -0.25) is 24.5 Å². The van der Waals surface area contributed by atoms with Crippen molar-refractivity contribution in [3.8, 4) is 5.75 Å². The van der Waals surface area contributed by atoms with Crippen LogP contribution in [0.1, 0.15) is 21.9 Å². The van der Waals surface area contributed by atoms with Crippen molar-refractivity contribution in [1.29, 1.82) is 0 Å². The van der Waals surface area contributed by atoms with Crippen LogP contribution in [0.15, 0.2) is 82.6 Å². The minimum atomic E-state index is -0.812. The van der Waals surface area contributed by atoms with Crippen LogP contribution >= 0.6 is 34.7 Å². The van der Waals surface area contributed by atoms with E-state index in [0.717, 1.165) is 33.6 Å². The Hall–Kier alpha value is -3.93. The number of nitrogens with zero attached hydrogens (tertiary/aromatic N) is 2. The molecule has 6 rings (SSSR count). The molecule has 0 spiro atoms. The largest absolute Gasteiger partial charge is 0.489 e. The fourth-order valence-electron chi connectivity index (χ4n) is 4.99. The van der Waals surface area contributed by atoms with Crippen LogP contribution in [0, 0.1) is 16.0 Å². The number of carbonyl (C=O) groups is 2. The first kappa shape index (κ1) is 25.4. The number of rotatable bonds is 6. The molecule has 0 saturated carbocycles. The highest BCUT2D eigenvalue weighted by atomic mass is 35.5. The number of fused-ring (bicyclic) bond motifs is 2. The van der Waals surface area contributed by atoms with Crippen LogP contribution in [0.3, 0.4) is 0 Å². The van der Waals surface area contributed by atoms with Gasteiger partial charge >= 0.3 is 4.87 Å². The van der Waals surface area contributed by atoms with Crippen LogP contribution in [-0.4, -0.2) is 27.0 Å². The number of H-pyrrole nitrogens is 1. The van der Waals surface area contributed by atoms with E-state index in [-0.39, 0.29) is 22.9 Å². The fourth-order valence-corrected chi connectivity index (χ4v) is 7.71. The van der Waals surface area contributed by atoms with Crippen molar-refractivity contribution in [2.75, 3.05) is 4.90 Å². The summed E-state index contributed by atoms with van der Waals surface area (Å²) in [5.74, 6) is -1.79. The molecule has 0 radical (unpaired) electrons. The van der Waals surface area contributed by atoms with E-state index in [4.69, 9.17) is 16.3 Å². The summed E-state index contributed by atoms with van der Waals surface area (Å²) in [5, 5.41) is 11.4. The van der Waals surface area contributed by atoms with Gasteiger partial charge in [0.15, 0.2) is 0 Å². The number of nitrogens with one attached hydrogen (secondary N) is 1. The number of carbonyl (C=O) groups excluding carboxylic acids is 2. The third-order valence-corrected chi connectivity index (χ3v) is 9.32. The molecule has 1 aromatic heterocycles. The summed E-state index contributed by atoms with van der Waals surface area (Å²) in [4.78, 5) is 54.7. The van der Waals surface area contributed by atoms with Crippen molar-refractivity contribution in [2.24, 2.45) is 5.92 Å². The van der Waals surface area contributed by atoms with Crippen molar-refractivity contribution in [3.05, 3.63) is 114 Å². The van der Waals surface area contributed by atoms with Crippen LogP contribution < -0.4 is 14.5 Å². The van der Waals surface area contributed by atoms with Crippen molar-refractivity contribution in [1.82, 2.24) is 4.98 Å². The van der Waals surface area contributed by atoms with E-state index in [1.807, 2.05) is 30.3 Å². The van der Waals surface area contributed by atoms with E-state index < -0.39 is 33.8 Å². The molecule has 2 aliphatic rings. The Morgan fingerprint density at radius 2 is 1.77 bits per heavy atom. The number of para-hydroxylation sites is 1. The number of anilines is 1. The zero-order valence-corrected chi connectivity index (χ0v) is 22.3. The fraction of sp³-hybridized carbons (Fsp3) is 0.148. The summed E-state index contributed by atoms with van der Waals surface area (Å²) < 4.78 is 6.19. The summed E-state index contributed by atoms with van der Waals surface area (Å²) in [6.07, 6.45) is 0. The maximum atomic E-state index is 13.9. The number of thioether (sulfide) groups is 1. The molecule has 4 aromatic rings. The van der Waals surface area contributed by atoms with Crippen molar-refractivity contribution in [2.45, 2.75) is 22.8 Å². The van der Waals surface area contributed by atoms with E-state index in [9.17, 15) is 24.5 Å². The number of hydrogen-bond donors (Lipinski definition) is 1. The summed E-state index contributed by atoms with van der Waals surface area (Å²) >= 11 is 8.29. The van der Waals surface area contributed by atoms with Crippen LogP contribution in [0.25, 0.3) is 0 Å². The number of benzene rings is 3. The molecule has 0 aliphatic carbocycles. The Morgan fingerprint density at radius 1 is 1.00 bits per heavy atom. The second-order valence-electron chi connectivity index (χ2n) is 8.99. The van der Waals surface area contributed by atoms with Gasteiger partial charge < -0.3 is 9.72 Å². The van der Waals surface area contributed by atoms with Crippen molar-refractivity contribution in [3.63, 3.8) is 0 Å².